The lowest BCUT2D eigenvalue weighted by molar-refractivity contribution is -0.138. The van der Waals surface area contributed by atoms with E-state index < -0.39 is 0 Å². The molecule has 7 nitrogen and oxygen atoms in total. The second kappa shape index (κ2) is 9.76. The molecule has 0 unspecified atom stereocenters. The summed E-state index contributed by atoms with van der Waals surface area (Å²) in [5, 5.41) is 9.40. The molecule has 2 fully saturated rings. The summed E-state index contributed by atoms with van der Waals surface area (Å²) in [6, 6.07) is 14.3. The summed E-state index contributed by atoms with van der Waals surface area (Å²) in [6.07, 6.45) is 3.45. The van der Waals surface area contributed by atoms with E-state index in [-0.39, 0.29) is 30.3 Å². The molecule has 2 aliphatic rings. The van der Waals surface area contributed by atoms with E-state index in [9.17, 15) is 9.59 Å². The topological polar surface area (TPSA) is 79.5 Å². The number of likely N-dealkylation sites (tertiary alicyclic amines) is 1. The average Bonchev–Trinajstić information content (AvgIpc) is 3.60. The Hall–Kier alpha value is -2.90. The van der Waals surface area contributed by atoms with Crippen molar-refractivity contribution < 1.29 is 14.0 Å². The van der Waals surface area contributed by atoms with Crippen molar-refractivity contribution in [1.82, 2.24) is 20.0 Å². The van der Waals surface area contributed by atoms with E-state index in [1.54, 1.807) is 35.2 Å². The molecule has 1 atom stereocenters. The van der Waals surface area contributed by atoms with Crippen molar-refractivity contribution in [1.29, 1.82) is 0 Å². The fourth-order valence-corrected chi connectivity index (χ4v) is 4.70. The van der Waals surface area contributed by atoms with Gasteiger partial charge in [-0.1, -0.05) is 35.3 Å². The number of piperidine rings is 1. The van der Waals surface area contributed by atoms with Crippen molar-refractivity contribution in [3.8, 4) is 11.5 Å². The zero-order valence-electron chi connectivity index (χ0n) is 18.5. The number of rotatable bonds is 6. The van der Waals surface area contributed by atoms with Gasteiger partial charge in [-0.3, -0.25) is 9.59 Å². The van der Waals surface area contributed by atoms with Crippen LogP contribution in [0.25, 0.3) is 11.5 Å². The van der Waals surface area contributed by atoms with Crippen LogP contribution in [0, 0.1) is 5.92 Å². The quantitative estimate of drug-likeness (QED) is 0.472. The number of nitrogens with zero attached hydrogens (tertiary/aromatic N) is 4. The number of hydrogen-bond acceptors (Lipinski definition) is 5. The average molecular weight is 499 g/mol. The monoisotopic (exact) mass is 498 g/mol. The van der Waals surface area contributed by atoms with Gasteiger partial charge >= 0.3 is 0 Å². The first-order chi connectivity index (χ1) is 16.5. The lowest BCUT2D eigenvalue weighted by Crippen LogP contribution is -2.47. The van der Waals surface area contributed by atoms with Gasteiger partial charge in [0.05, 0.1) is 23.0 Å². The Morgan fingerprint density at radius 2 is 1.79 bits per heavy atom. The van der Waals surface area contributed by atoms with Crippen molar-refractivity contribution >= 4 is 35.0 Å². The van der Waals surface area contributed by atoms with E-state index in [4.69, 9.17) is 27.6 Å². The maximum atomic E-state index is 13.5. The molecule has 3 aromatic rings. The summed E-state index contributed by atoms with van der Waals surface area (Å²) in [5.41, 5.74) is 1.24. The second-order valence-electron chi connectivity index (χ2n) is 8.78. The number of benzene rings is 2. The number of carbonyl (C=O) groups excluding carboxylic acids is 2. The normalized spacial score (nSPS) is 18.1. The molecule has 1 aliphatic carbocycles. The Bertz CT molecular complexity index is 1190. The highest BCUT2D eigenvalue weighted by Gasteiger charge is 2.39. The van der Waals surface area contributed by atoms with Gasteiger partial charge in [0.2, 0.25) is 17.7 Å². The molecule has 2 heterocycles. The number of halogens is 2. The Morgan fingerprint density at radius 3 is 2.53 bits per heavy atom. The van der Waals surface area contributed by atoms with Gasteiger partial charge in [-0.05, 0) is 62.1 Å². The zero-order valence-corrected chi connectivity index (χ0v) is 20.0. The van der Waals surface area contributed by atoms with E-state index in [1.807, 2.05) is 23.1 Å². The smallest absolute Gasteiger partial charge is 0.253 e. The van der Waals surface area contributed by atoms with Crippen LogP contribution < -0.4 is 0 Å². The van der Waals surface area contributed by atoms with Crippen LogP contribution in [-0.4, -0.2) is 50.9 Å². The predicted octanol–water partition coefficient (Wildman–Crippen LogP) is 5.09. The summed E-state index contributed by atoms with van der Waals surface area (Å²) in [7, 11) is 0. The van der Waals surface area contributed by atoms with Gasteiger partial charge in [0.25, 0.3) is 5.91 Å². The van der Waals surface area contributed by atoms with Gasteiger partial charge < -0.3 is 14.2 Å². The highest BCUT2D eigenvalue weighted by molar-refractivity contribution is 6.33. The van der Waals surface area contributed by atoms with Gasteiger partial charge in [-0.15, -0.1) is 10.2 Å². The maximum Gasteiger partial charge on any atom is 0.253 e. The van der Waals surface area contributed by atoms with Crippen molar-refractivity contribution in [2.45, 2.75) is 38.3 Å². The molecule has 2 amide bonds. The predicted molar refractivity (Wildman–Crippen MR) is 128 cm³/mol. The molecular formula is C25H24Cl2N4O3. The van der Waals surface area contributed by atoms with Crippen molar-refractivity contribution in [3.05, 3.63) is 70.0 Å². The van der Waals surface area contributed by atoms with E-state index in [1.165, 1.54) is 0 Å². The number of aromatic nitrogens is 2. The first-order valence-electron chi connectivity index (χ1n) is 11.4. The fourth-order valence-electron chi connectivity index (χ4n) is 4.35. The fraction of sp³-hybridized carbons (Fsp3) is 0.360. The van der Waals surface area contributed by atoms with Crippen LogP contribution in [-0.2, 0) is 11.3 Å². The number of carbonyl (C=O) groups is 2. The van der Waals surface area contributed by atoms with Gasteiger partial charge in [0.15, 0.2) is 0 Å². The lowest BCUT2D eigenvalue weighted by atomic mass is 9.95. The standard InChI is InChI=1S/C25H24Cl2N4O3/c26-18-9-7-16(8-10-18)24(32)30-13-3-4-17(14-30)25(33)31(19-11-12-19)15-22-28-29-23(34-22)20-5-1-2-6-21(20)27/h1-2,5-10,17,19H,3-4,11-15H2/t17-/m0/s1. The minimum Gasteiger partial charge on any atom is -0.419 e. The van der Waals surface area contributed by atoms with Crippen LogP contribution in [0.3, 0.4) is 0 Å². The van der Waals surface area contributed by atoms with Gasteiger partial charge in [0.1, 0.15) is 0 Å². The Balaban J connectivity index is 1.28. The van der Waals surface area contributed by atoms with Gasteiger partial charge in [-0.25, -0.2) is 0 Å². The molecule has 0 radical (unpaired) electrons. The Labute approximate surface area is 207 Å². The second-order valence-corrected chi connectivity index (χ2v) is 9.62. The van der Waals surface area contributed by atoms with E-state index in [0.29, 0.717) is 46.0 Å². The molecule has 1 aromatic heterocycles. The molecule has 0 bridgehead atoms. The molecule has 1 saturated heterocycles. The minimum absolute atomic E-state index is 0.0357. The minimum atomic E-state index is -0.253. The van der Waals surface area contributed by atoms with Gasteiger partial charge in [-0.2, -0.15) is 0 Å². The molecule has 5 rings (SSSR count). The summed E-state index contributed by atoms with van der Waals surface area (Å²) >= 11 is 12.2. The summed E-state index contributed by atoms with van der Waals surface area (Å²) in [6.45, 7) is 1.29. The van der Waals surface area contributed by atoms with Crippen LogP contribution >= 0.6 is 23.2 Å². The first kappa shape index (κ1) is 22.9. The molecule has 176 valence electrons. The van der Waals surface area contributed by atoms with Crippen molar-refractivity contribution in [3.63, 3.8) is 0 Å². The Morgan fingerprint density at radius 1 is 1.03 bits per heavy atom. The zero-order chi connectivity index (χ0) is 23.7. The summed E-state index contributed by atoms with van der Waals surface area (Å²) in [5.74, 6) is 0.417. The molecular weight excluding hydrogens is 475 g/mol. The first-order valence-corrected chi connectivity index (χ1v) is 12.2. The number of amides is 2. The third-order valence-corrected chi connectivity index (χ3v) is 6.88. The molecule has 1 saturated carbocycles. The third kappa shape index (κ3) is 4.95. The SMILES string of the molecule is O=C(c1ccc(Cl)cc1)N1CCC[C@H](C(=O)N(Cc2nnc(-c3ccccc3Cl)o2)C2CC2)C1. The molecule has 0 spiro atoms. The van der Waals surface area contributed by atoms with Crippen molar-refractivity contribution in [2.75, 3.05) is 13.1 Å². The summed E-state index contributed by atoms with van der Waals surface area (Å²) < 4.78 is 5.85. The molecule has 0 N–H and O–H groups in total. The maximum absolute atomic E-state index is 13.5. The molecule has 34 heavy (non-hydrogen) atoms. The van der Waals surface area contributed by atoms with Crippen molar-refractivity contribution in [2.24, 2.45) is 5.92 Å². The van der Waals surface area contributed by atoms with E-state index in [2.05, 4.69) is 10.2 Å². The molecule has 9 heteroatoms. The van der Waals surface area contributed by atoms with Crippen LogP contribution in [0.2, 0.25) is 10.0 Å². The lowest BCUT2D eigenvalue weighted by Gasteiger charge is -2.35. The number of hydrogen-bond donors (Lipinski definition) is 0. The highest BCUT2D eigenvalue weighted by atomic mass is 35.5. The third-order valence-electron chi connectivity index (χ3n) is 6.30. The Kier molecular flexibility index (Phi) is 6.57. The van der Waals surface area contributed by atoms with Crippen LogP contribution in [0.5, 0.6) is 0 Å². The van der Waals surface area contributed by atoms with Crippen LogP contribution in [0.4, 0.5) is 0 Å². The largest absolute Gasteiger partial charge is 0.419 e. The molecule has 2 aromatic carbocycles. The van der Waals surface area contributed by atoms with E-state index >= 15 is 0 Å². The van der Waals surface area contributed by atoms with Crippen LogP contribution in [0.15, 0.2) is 52.9 Å². The van der Waals surface area contributed by atoms with E-state index in [0.717, 1.165) is 25.7 Å². The molecule has 1 aliphatic heterocycles. The highest BCUT2D eigenvalue weighted by Crippen LogP contribution is 2.33. The summed E-state index contributed by atoms with van der Waals surface area (Å²) in [4.78, 5) is 30.1. The van der Waals surface area contributed by atoms with Crippen LogP contribution in [0.1, 0.15) is 41.9 Å². The van der Waals surface area contributed by atoms with Gasteiger partial charge in [0, 0.05) is 29.7 Å².